The fourth-order valence-electron chi connectivity index (χ4n) is 2.60. The van der Waals surface area contributed by atoms with E-state index in [1.165, 1.54) is 0 Å². The molecule has 0 heterocycles. The quantitative estimate of drug-likeness (QED) is 0.678. The van der Waals surface area contributed by atoms with Crippen molar-refractivity contribution in [1.82, 2.24) is 5.32 Å². The van der Waals surface area contributed by atoms with Crippen molar-refractivity contribution in [1.29, 1.82) is 0 Å². The second-order valence-electron chi connectivity index (χ2n) is 6.35. The predicted octanol–water partition coefficient (Wildman–Crippen LogP) is 5.60. The molecule has 26 heavy (non-hydrogen) atoms. The van der Waals surface area contributed by atoms with Crippen LogP contribution in [0.5, 0.6) is 0 Å². The highest BCUT2D eigenvalue weighted by molar-refractivity contribution is 5.91. The molecule has 0 aliphatic heterocycles. The SMILES string of the molecule is Cc1cccc(C(C)C)c1NC(=O)NCc1cc(F)cc(C(F)(F)F)c1. The molecule has 2 aromatic carbocycles. The Morgan fingerprint density at radius 3 is 2.46 bits per heavy atom. The maximum Gasteiger partial charge on any atom is 0.416 e. The van der Waals surface area contributed by atoms with Gasteiger partial charge < -0.3 is 10.6 Å². The normalized spacial score (nSPS) is 11.5. The van der Waals surface area contributed by atoms with Crippen molar-refractivity contribution in [3.8, 4) is 0 Å². The van der Waals surface area contributed by atoms with E-state index in [0.29, 0.717) is 11.8 Å². The standard InChI is InChI=1S/C19H20F4N2O/c1-11(2)16-6-4-5-12(3)17(16)25-18(26)24-10-13-7-14(19(21,22)23)9-15(20)8-13/h4-9,11H,10H2,1-3H3,(H2,24,25,26). The van der Waals surface area contributed by atoms with Crippen LogP contribution in [0.1, 0.15) is 42.0 Å². The maximum atomic E-state index is 13.4. The molecular formula is C19H20F4N2O. The lowest BCUT2D eigenvalue weighted by Gasteiger charge is -2.17. The minimum Gasteiger partial charge on any atom is -0.334 e. The van der Waals surface area contributed by atoms with Gasteiger partial charge >= 0.3 is 12.2 Å². The van der Waals surface area contributed by atoms with Gasteiger partial charge in [0.25, 0.3) is 0 Å². The first-order chi connectivity index (χ1) is 12.1. The largest absolute Gasteiger partial charge is 0.416 e. The molecule has 2 amide bonds. The van der Waals surface area contributed by atoms with Crippen molar-refractivity contribution in [2.24, 2.45) is 0 Å². The molecule has 2 aromatic rings. The van der Waals surface area contributed by atoms with Crippen LogP contribution in [0, 0.1) is 12.7 Å². The van der Waals surface area contributed by atoms with E-state index in [9.17, 15) is 22.4 Å². The molecule has 0 bridgehead atoms. The molecule has 140 valence electrons. The number of urea groups is 1. The van der Waals surface area contributed by atoms with Gasteiger partial charge in [-0.15, -0.1) is 0 Å². The van der Waals surface area contributed by atoms with Crippen molar-refractivity contribution in [2.45, 2.75) is 39.4 Å². The van der Waals surface area contributed by atoms with Gasteiger partial charge in [-0.2, -0.15) is 13.2 Å². The molecular weight excluding hydrogens is 348 g/mol. The number of anilines is 1. The van der Waals surface area contributed by atoms with Crippen LogP contribution in [0.15, 0.2) is 36.4 Å². The number of nitrogens with one attached hydrogen (secondary N) is 2. The molecule has 2 rings (SSSR count). The van der Waals surface area contributed by atoms with Crippen LogP contribution in [-0.4, -0.2) is 6.03 Å². The number of rotatable bonds is 4. The number of amides is 2. The number of aryl methyl sites for hydroxylation is 1. The molecule has 0 aromatic heterocycles. The zero-order chi connectivity index (χ0) is 19.5. The number of hydrogen-bond acceptors (Lipinski definition) is 1. The fourth-order valence-corrected chi connectivity index (χ4v) is 2.60. The predicted molar refractivity (Wildman–Crippen MR) is 92.5 cm³/mol. The van der Waals surface area contributed by atoms with E-state index in [4.69, 9.17) is 0 Å². The summed E-state index contributed by atoms with van der Waals surface area (Å²) in [5.74, 6) is -0.819. The molecule has 0 aliphatic rings. The Kier molecular flexibility index (Phi) is 5.90. The zero-order valence-corrected chi connectivity index (χ0v) is 14.7. The van der Waals surface area contributed by atoms with Crippen LogP contribution < -0.4 is 10.6 Å². The molecule has 0 unspecified atom stereocenters. The van der Waals surface area contributed by atoms with E-state index in [-0.39, 0.29) is 18.0 Å². The van der Waals surface area contributed by atoms with E-state index in [1.54, 1.807) is 0 Å². The highest BCUT2D eigenvalue weighted by Crippen LogP contribution is 2.30. The lowest BCUT2D eigenvalue weighted by atomic mass is 9.98. The summed E-state index contributed by atoms with van der Waals surface area (Å²) in [6, 6.07) is 7.27. The lowest BCUT2D eigenvalue weighted by Crippen LogP contribution is -2.29. The summed E-state index contributed by atoms with van der Waals surface area (Å²) in [5, 5.41) is 5.19. The molecule has 3 nitrogen and oxygen atoms in total. The first-order valence-electron chi connectivity index (χ1n) is 8.09. The summed E-state index contributed by atoms with van der Waals surface area (Å²) in [4.78, 5) is 12.1. The van der Waals surface area contributed by atoms with Crippen molar-refractivity contribution in [3.63, 3.8) is 0 Å². The Hall–Kier alpha value is -2.57. The van der Waals surface area contributed by atoms with E-state index < -0.39 is 23.6 Å². The third-order valence-corrected chi connectivity index (χ3v) is 3.90. The highest BCUT2D eigenvalue weighted by Gasteiger charge is 2.31. The van der Waals surface area contributed by atoms with Gasteiger partial charge in [0, 0.05) is 12.2 Å². The second-order valence-corrected chi connectivity index (χ2v) is 6.35. The second kappa shape index (κ2) is 7.76. The number of para-hydroxylation sites is 1. The molecule has 0 radical (unpaired) electrons. The van der Waals surface area contributed by atoms with Gasteiger partial charge in [0.1, 0.15) is 5.82 Å². The van der Waals surface area contributed by atoms with Gasteiger partial charge in [-0.05, 0) is 47.7 Å². The van der Waals surface area contributed by atoms with Crippen LogP contribution in [0.3, 0.4) is 0 Å². The third-order valence-electron chi connectivity index (χ3n) is 3.90. The van der Waals surface area contributed by atoms with E-state index in [0.717, 1.165) is 23.3 Å². The number of carbonyl (C=O) groups is 1. The molecule has 0 saturated carbocycles. The number of benzene rings is 2. The average molecular weight is 368 g/mol. The van der Waals surface area contributed by atoms with E-state index >= 15 is 0 Å². The van der Waals surface area contributed by atoms with Crippen LogP contribution >= 0.6 is 0 Å². The maximum absolute atomic E-state index is 13.4. The zero-order valence-electron chi connectivity index (χ0n) is 14.7. The van der Waals surface area contributed by atoms with Crippen LogP contribution in [0.2, 0.25) is 0 Å². The summed E-state index contributed by atoms with van der Waals surface area (Å²) < 4.78 is 51.6. The summed E-state index contributed by atoms with van der Waals surface area (Å²) >= 11 is 0. The first kappa shape index (κ1) is 19.8. The Bertz CT molecular complexity index is 801. The molecule has 0 saturated heterocycles. The van der Waals surface area contributed by atoms with Crippen molar-refractivity contribution in [3.05, 3.63) is 64.5 Å². The van der Waals surface area contributed by atoms with Crippen molar-refractivity contribution in [2.75, 3.05) is 5.32 Å². The smallest absolute Gasteiger partial charge is 0.334 e. The van der Waals surface area contributed by atoms with E-state index in [1.807, 2.05) is 39.0 Å². The van der Waals surface area contributed by atoms with Gasteiger partial charge in [0.05, 0.1) is 5.56 Å². The van der Waals surface area contributed by atoms with Gasteiger partial charge in [0.2, 0.25) is 0 Å². The molecule has 0 aliphatic carbocycles. The molecule has 0 spiro atoms. The number of halogens is 4. The van der Waals surface area contributed by atoms with Crippen molar-refractivity contribution >= 4 is 11.7 Å². The first-order valence-corrected chi connectivity index (χ1v) is 8.09. The van der Waals surface area contributed by atoms with Gasteiger partial charge in [-0.3, -0.25) is 0 Å². The molecule has 0 atom stereocenters. The van der Waals surface area contributed by atoms with E-state index in [2.05, 4.69) is 10.6 Å². The summed E-state index contributed by atoms with van der Waals surface area (Å²) in [6.07, 6.45) is -4.65. The Morgan fingerprint density at radius 2 is 1.85 bits per heavy atom. The topological polar surface area (TPSA) is 41.1 Å². The summed E-state index contributed by atoms with van der Waals surface area (Å²) in [6.45, 7) is 5.60. The average Bonchev–Trinajstić information content (AvgIpc) is 2.53. The highest BCUT2D eigenvalue weighted by atomic mass is 19.4. The molecule has 2 N–H and O–H groups in total. The molecule has 7 heteroatoms. The Labute approximate surface area is 149 Å². The Morgan fingerprint density at radius 1 is 1.15 bits per heavy atom. The van der Waals surface area contributed by atoms with Gasteiger partial charge in [-0.25, -0.2) is 9.18 Å². The third kappa shape index (κ3) is 4.97. The minimum atomic E-state index is -4.65. The number of carbonyl (C=O) groups excluding carboxylic acids is 1. The van der Waals surface area contributed by atoms with Crippen molar-refractivity contribution < 1.29 is 22.4 Å². The minimum absolute atomic E-state index is 0.0290. The van der Waals surface area contributed by atoms with Crippen LogP contribution in [0.4, 0.5) is 28.0 Å². The lowest BCUT2D eigenvalue weighted by molar-refractivity contribution is -0.137. The van der Waals surface area contributed by atoms with Crippen LogP contribution in [0.25, 0.3) is 0 Å². The summed E-state index contributed by atoms with van der Waals surface area (Å²) in [7, 11) is 0. The fraction of sp³-hybridized carbons (Fsp3) is 0.316. The summed E-state index contributed by atoms with van der Waals surface area (Å²) in [5.41, 5.74) is 1.42. The van der Waals surface area contributed by atoms with Gasteiger partial charge in [-0.1, -0.05) is 32.0 Å². The monoisotopic (exact) mass is 368 g/mol. The number of alkyl halides is 3. The number of hydrogen-bond donors (Lipinski definition) is 2. The van der Waals surface area contributed by atoms with Crippen LogP contribution in [-0.2, 0) is 12.7 Å². The van der Waals surface area contributed by atoms with Gasteiger partial charge in [0.15, 0.2) is 0 Å². The Balaban J connectivity index is 2.10. The molecule has 0 fully saturated rings.